The predicted molar refractivity (Wildman–Crippen MR) is 53.8 cm³/mol. The van der Waals surface area contributed by atoms with Gasteiger partial charge in [-0.2, -0.15) is 5.26 Å². The first kappa shape index (κ1) is 8.89. The highest BCUT2D eigenvalue weighted by Gasteiger charge is 2.19. The second kappa shape index (κ2) is 3.59. The highest BCUT2D eigenvalue weighted by molar-refractivity contribution is 5.56. The summed E-state index contributed by atoms with van der Waals surface area (Å²) in [7, 11) is 0. The maximum Gasteiger partial charge on any atom is 0.143 e. The van der Waals surface area contributed by atoms with Crippen molar-refractivity contribution in [2.24, 2.45) is 0 Å². The van der Waals surface area contributed by atoms with Crippen LogP contribution in [0.25, 0.3) is 0 Å². The smallest absolute Gasteiger partial charge is 0.143 e. The summed E-state index contributed by atoms with van der Waals surface area (Å²) in [5.41, 5.74) is 6.94. The summed E-state index contributed by atoms with van der Waals surface area (Å²) >= 11 is 0. The summed E-state index contributed by atoms with van der Waals surface area (Å²) in [6.45, 7) is 0. The maximum atomic E-state index is 8.71. The zero-order valence-corrected chi connectivity index (χ0v) is 7.86. The van der Waals surface area contributed by atoms with E-state index in [1.165, 1.54) is 6.42 Å². The number of nitriles is 1. The average molecular weight is 188 g/mol. The van der Waals surface area contributed by atoms with Gasteiger partial charge in [-0.05, 0) is 31.4 Å². The van der Waals surface area contributed by atoms with Crippen LogP contribution in [0.5, 0.6) is 5.75 Å². The van der Waals surface area contributed by atoms with Crippen molar-refractivity contribution in [3.05, 3.63) is 23.8 Å². The number of anilines is 1. The molecule has 1 fully saturated rings. The molecule has 3 heteroatoms. The Morgan fingerprint density at radius 1 is 1.43 bits per heavy atom. The third kappa shape index (κ3) is 1.64. The molecule has 1 aromatic carbocycles. The van der Waals surface area contributed by atoms with Gasteiger partial charge in [0.25, 0.3) is 0 Å². The second-order valence-electron chi connectivity index (χ2n) is 3.54. The number of benzene rings is 1. The van der Waals surface area contributed by atoms with Gasteiger partial charge in [-0.25, -0.2) is 0 Å². The summed E-state index contributed by atoms with van der Waals surface area (Å²) < 4.78 is 5.65. The largest absolute Gasteiger partial charge is 0.488 e. The van der Waals surface area contributed by atoms with Crippen molar-refractivity contribution in [2.75, 3.05) is 5.73 Å². The number of nitrogen functional groups attached to an aromatic ring is 1. The van der Waals surface area contributed by atoms with E-state index in [2.05, 4.69) is 6.07 Å². The third-order valence-electron chi connectivity index (χ3n) is 2.49. The molecule has 2 N–H and O–H groups in total. The van der Waals surface area contributed by atoms with Gasteiger partial charge >= 0.3 is 0 Å². The number of ether oxygens (including phenoxy) is 1. The quantitative estimate of drug-likeness (QED) is 0.723. The molecule has 0 heterocycles. The fraction of sp³-hybridized carbons (Fsp3) is 0.364. The molecule has 0 atom stereocenters. The van der Waals surface area contributed by atoms with Crippen LogP contribution in [0.1, 0.15) is 24.8 Å². The van der Waals surface area contributed by atoms with Crippen LogP contribution in [0.15, 0.2) is 18.2 Å². The lowest BCUT2D eigenvalue weighted by Crippen LogP contribution is -2.24. The maximum absolute atomic E-state index is 8.71. The van der Waals surface area contributed by atoms with Gasteiger partial charge in [0.2, 0.25) is 0 Å². The van der Waals surface area contributed by atoms with E-state index in [4.69, 9.17) is 15.7 Å². The van der Waals surface area contributed by atoms with Crippen LogP contribution in [-0.4, -0.2) is 6.10 Å². The molecule has 0 bridgehead atoms. The first-order chi connectivity index (χ1) is 6.79. The predicted octanol–water partition coefficient (Wildman–Crippen LogP) is 2.07. The Kier molecular flexibility index (Phi) is 2.28. The molecule has 3 nitrogen and oxygen atoms in total. The standard InChI is InChI=1S/C11H12N2O/c12-7-8-4-5-10(13)11(6-8)14-9-2-1-3-9/h4-6,9H,1-3,13H2. The Bertz CT molecular complexity index is 377. The van der Waals surface area contributed by atoms with Crippen LogP contribution in [-0.2, 0) is 0 Å². The average Bonchev–Trinajstić information content (AvgIpc) is 2.14. The Labute approximate surface area is 83.1 Å². The molecule has 1 saturated carbocycles. The van der Waals surface area contributed by atoms with Gasteiger partial charge in [0, 0.05) is 6.07 Å². The second-order valence-corrected chi connectivity index (χ2v) is 3.54. The molecule has 14 heavy (non-hydrogen) atoms. The molecule has 0 aliphatic heterocycles. The number of nitrogens with two attached hydrogens (primary N) is 1. The van der Waals surface area contributed by atoms with Crippen molar-refractivity contribution in [1.29, 1.82) is 5.26 Å². The van der Waals surface area contributed by atoms with Gasteiger partial charge < -0.3 is 10.5 Å². The van der Waals surface area contributed by atoms with Crippen molar-refractivity contribution < 1.29 is 4.74 Å². The Hall–Kier alpha value is -1.69. The van der Waals surface area contributed by atoms with E-state index in [1.54, 1.807) is 18.2 Å². The van der Waals surface area contributed by atoms with Crippen molar-refractivity contribution in [3.8, 4) is 11.8 Å². The normalized spacial score (nSPS) is 15.6. The fourth-order valence-corrected chi connectivity index (χ4v) is 1.37. The number of hydrogen-bond donors (Lipinski definition) is 1. The zero-order chi connectivity index (χ0) is 9.97. The van der Waals surface area contributed by atoms with Gasteiger partial charge in [0.05, 0.1) is 23.4 Å². The minimum absolute atomic E-state index is 0.297. The number of nitrogens with zero attached hydrogens (tertiary/aromatic N) is 1. The van der Waals surface area contributed by atoms with Gasteiger partial charge in [-0.15, -0.1) is 0 Å². The van der Waals surface area contributed by atoms with Gasteiger partial charge in [-0.1, -0.05) is 0 Å². The summed E-state index contributed by atoms with van der Waals surface area (Å²) in [6, 6.07) is 7.18. The summed E-state index contributed by atoms with van der Waals surface area (Å²) in [5, 5.41) is 8.71. The Morgan fingerprint density at radius 2 is 2.21 bits per heavy atom. The van der Waals surface area contributed by atoms with E-state index in [0.29, 0.717) is 23.1 Å². The monoisotopic (exact) mass is 188 g/mol. The van der Waals surface area contributed by atoms with Crippen molar-refractivity contribution in [3.63, 3.8) is 0 Å². The Morgan fingerprint density at radius 3 is 2.79 bits per heavy atom. The molecule has 0 amide bonds. The molecule has 0 aromatic heterocycles. The molecular weight excluding hydrogens is 176 g/mol. The lowest BCUT2D eigenvalue weighted by Gasteiger charge is -2.26. The van der Waals surface area contributed by atoms with Crippen LogP contribution in [0.2, 0.25) is 0 Å². The molecule has 1 aliphatic rings. The fourth-order valence-electron chi connectivity index (χ4n) is 1.37. The first-order valence-electron chi connectivity index (χ1n) is 4.76. The zero-order valence-electron chi connectivity index (χ0n) is 7.86. The molecule has 0 radical (unpaired) electrons. The minimum Gasteiger partial charge on any atom is -0.488 e. The molecule has 0 unspecified atom stereocenters. The number of rotatable bonds is 2. The molecule has 2 rings (SSSR count). The Balaban J connectivity index is 2.18. The van der Waals surface area contributed by atoms with Crippen molar-refractivity contribution in [1.82, 2.24) is 0 Å². The van der Waals surface area contributed by atoms with Crippen LogP contribution in [0.3, 0.4) is 0 Å². The highest BCUT2D eigenvalue weighted by atomic mass is 16.5. The summed E-state index contributed by atoms with van der Waals surface area (Å²) in [4.78, 5) is 0. The number of hydrogen-bond acceptors (Lipinski definition) is 3. The van der Waals surface area contributed by atoms with Crippen LogP contribution in [0.4, 0.5) is 5.69 Å². The van der Waals surface area contributed by atoms with Gasteiger partial charge in [0.15, 0.2) is 0 Å². The molecule has 72 valence electrons. The molecule has 0 spiro atoms. The first-order valence-corrected chi connectivity index (χ1v) is 4.76. The summed E-state index contributed by atoms with van der Waals surface area (Å²) in [6.07, 6.45) is 3.71. The van der Waals surface area contributed by atoms with Crippen molar-refractivity contribution in [2.45, 2.75) is 25.4 Å². The van der Waals surface area contributed by atoms with Crippen LogP contribution >= 0.6 is 0 Å². The van der Waals surface area contributed by atoms with E-state index in [1.807, 2.05) is 0 Å². The molecular formula is C11H12N2O. The van der Waals surface area contributed by atoms with E-state index >= 15 is 0 Å². The van der Waals surface area contributed by atoms with Crippen LogP contribution in [0, 0.1) is 11.3 Å². The molecule has 1 aliphatic carbocycles. The third-order valence-corrected chi connectivity index (χ3v) is 2.49. The van der Waals surface area contributed by atoms with Gasteiger partial charge in [-0.3, -0.25) is 0 Å². The van der Waals surface area contributed by atoms with E-state index in [-0.39, 0.29) is 0 Å². The van der Waals surface area contributed by atoms with Gasteiger partial charge in [0.1, 0.15) is 5.75 Å². The van der Waals surface area contributed by atoms with E-state index in [9.17, 15) is 0 Å². The summed E-state index contributed by atoms with van der Waals surface area (Å²) in [5.74, 6) is 0.647. The lowest BCUT2D eigenvalue weighted by molar-refractivity contribution is 0.121. The minimum atomic E-state index is 0.297. The van der Waals surface area contributed by atoms with Crippen LogP contribution < -0.4 is 10.5 Å². The molecule has 1 aromatic rings. The SMILES string of the molecule is N#Cc1ccc(N)c(OC2CCC2)c1. The van der Waals surface area contributed by atoms with E-state index < -0.39 is 0 Å². The highest BCUT2D eigenvalue weighted by Crippen LogP contribution is 2.29. The topological polar surface area (TPSA) is 59.0 Å². The molecule has 0 saturated heterocycles. The lowest BCUT2D eigenvalue weighted by atomic mass is 9.96. The van der Waals surface area contributed by atoms with Crippen molar-refractivity contribution >= 4 is 5.69 Å². The van der Waals surface area contributed by atoms with E-state index in [0.717, 1.165) is 12.8 Å².